The average Bonchev–Trinajstić information content (AvgIpc) is 3.22. The van der Waals surface area contributed by atoms with E-state index < -0.39 is 24.3 Å². The first-order valence-corrected chi connectivity index (χ1v) is 24.8. The van der Waals surface area contributed by atoms with Crippen LogP contribution in [0.1, 0.15) is 206 Å². The van der Waals surface area contributed by atoms with Gasteiger partial charge in [-0.15, -0.1) is 0 Å². The van der Waals surface area contributed by atoms with E-state index in [9.17, 15) is 19.5 Å². The van der Waals surface area contributed by atoms with E-state index in [1.165, 1.54) is 103 Å². The van der Waals surface area contributed by atoms with Crippen molar-refractivity contribution in [3.05, 3.63) is 48.6 Å². The minimum atomic E-state index is -1.52. The summed E-state index contributed by atoms with van der Waals surface area (Å²) in [5.41, 5.74) is 0. The number of esters is 2. The van der Waals surface area contributed by atoms with Gasteiger partial charge in [0, 0.05) is 12.8 Å². The Morgan fingerprint density at radius 2 is 0.934 bits per heavy atom. The zero-order chi connectivity index (χ0) is 44.9. The van der Waals surface area contributed by atoms with Gasteiger partial charge in [-0.3, -0.25) is 9.59 Å². The van der Waals surface area contributed by atoms with Crippen LogP contribution < -0.4 is 0 Å². The largest absolute Gasteiger partial charge is 0.477 e. The highest BCUT2D eigenvalue weighted by molar-refractivity contribution is 5.71. The smallest absolute Gasteiger partial charge is 0.361 e. The molecule has 0 aliphatic carbocycles. The van der Waals surface area contributed by atoms with Crippen molar-refractivity contribution < 1.29 is 42.9 Å². The van der Waals surface area contributed by atoms with Crippen LogP contribution in [0.15, 0.2) is 48.6 Å². The highest BCUT2D eigenvalue weighted by Crippen LogP contribution is 2.16. The Hall–Kier alpha value is -2.75. The molecule has 0 aromatic rings. The number of ether oxygens (including phenoxy) is 4. The summed E-state index contributed by atoms with van der Waals surface area (Å²) < 4.78 is 22.8. The Labute approximate surface area is 374 Å². The fourth-order valence-electron chi connectivity index (χ4n) is 6.77. The molecule has 0 spiro atoms. The molecular weight excluding hydrogens is 767 g/mol. The van der Waals surface area contributed by atoms with Gasteiger partial charge in [0.15, 0.2) is 6.10 Å². The third-order valence-corrected chi connectivity index (χ3v) is 10.6. The van der Waals surface area contributed by atoms with E-state index in [-0.39, 0.29) is 32.2 Å². The monoisotopic (exact) mass is 861 g/mol. The summed E-state index contributed by atoms with van der Waals surface area (Å²) >= 11 is 0. The number of hydrogen-bond acceptors (Lipinski definition) is 7. The summed E-state index contributed by atoms with van der Waals surface area (Å²) in [5.74, 6) is -2.03. The maximum atomic E-state index is 12.8. The summed E-state index contributed by atoms with van der Waals surface area (Å²) in [5, 5.41) is 9.66. The summed E-state index contributed by atoms with van der Waals surface area (Å²) in [6.07, 6.45) is 48.9. The van der Waals surface area contributed by atoms with Crippen LogP contribution in [-0.4, -0.2) is 87.4 Å². The van der Waals surface area contributed by atoms with Crippen LogP contribution in [-0.2, 0) is 33.3 Å². The predicted octanol–water partition coefficient (Wildman–Crippen LogP) is 13.6. The van der Waals surface area contributed by atoms with Crippen molar-refractivity contribution in [2.75, 3.05) is 47.5 Å². The highest BCUT2D eigenvalue weighted by atomic mass is 16.7. The van der Waals surface area contributed by atoms with Crippen LogP contribution in [0.2, 0.25) is 0 Å². The van der Waals surface area contributed by atoms with Crippen molar-refractivity contribution in [2.24, 2.45) is 0 Å². The van der Waals surface area contributed by atoms with E-state index in [0.717, 1.165) is 70.6 Å². The van der Waals surface area contributed by atoms with Crippen molar-refractivity contribution in [3.63, 3.8) is 0 Å². The standard InChI is InChI=1S/C52H93NO8/c1-6-8-10-12-14-16-18-20-22-24-25-27-28-30-32-34-36-38-40-42-49(54)59-46-48(47-60-52(51(56)57)58-45-44-53(3,4)5)61-50(55)43-41-39-37-35-33-31-29-26-23-21-19-17-15-13-11-9-7-2/h9,11,15,17,21,23,29,31,48,52H,6-8,10,12-14,16,18-20,22,24-28,30,32-47H2,1-5H3/p+1/b11-9-,17-15-,23-21-,31-29-. The van der Waals surface area contributed by atoms with Gasteiger partial charge in [-0.2, -0.15) is 0 Å². The Balaban J connectivity index is 4.38. The summed E-state index contributed by atoms with van der Waals surface area (Å²) in [7, 11) is 5.95. The molecule has 0 aromatic carbocycles. The van der Waals surface area contributed by atoms with E-state index >= 15 is 0 Å². The van der Waals surface area contributed by atoms with Crippen molar-refractivity contribution in [2.45, 2.75) is 219 Å². The average molecular weight is 861 g/mol. The van der Waals surface area contributed by atoms with Crippen molar-refractivity contribution in [1.29, 1.82) is 0 Å². The first kappa shape index (κ1) is 58.2. The number of carboxylic acids is 1. The number of carboxylic acid groups (broad SMARTS) is 1. The number of nitrogens with zero attached hydrogens (tertiary/aromatic N) is 1. The van der Waals surface area contributed by atoms with Crippen LogP contribution in [0.3, 0.4) is 0 Å². The Morgan fingerprint density at radius 3 is 1.39 bits per heavy atom. The SMILES string of the molecule is CC/C=C\C/C=C\C/C=C\C/C=C\CCCCCCC(=O)OC(COC(=O)CCCCCCCCCCCCCCCCCCCCC)COC(OCC[N+](C)(C)C)C(=O)O. The van der Waals surface area contributed by atoms with Crippen molar-refractivity contribution in [1.82, 2.24) is 0 Å². The van der Waals surface area contributed by atoms with E-state index in [1.807, 2.05) is 21.1 Å². The molecule has 0 aliphatic heterocycles. The van der Waals surface area contributed by atoms with Gasteiger partial charge in [0.05, 0.1) is 34.4 Å². The molecule has 0 aliphatic rings. The molecule has 2 unspecified atom stereocenters. The number of rotatable bonds is 45. The second-order valence-corrected chi connectivity index (χ2v) is 17.8. The lowest BCUT2D eigenvalue weighted by Crippen LogP contribution is -2.40. The van der Waals surface area contributed by atoms with Crippen LogP contribution in [0, 0.1) is 0 Å². The van der Waals surface area contributed by atoms with E-state index in [0.29, 0.717) is 23.9 Å². The molecule has 0 aromatic heterocycles. The molecule has 0 amide bonds. The number of carbonyl (C=O) groups is 3. The number of likely N-dealkylation sites (N-methyl/N-ethyl adjacent to an activating group) is 1. The Morgan fingerprint density at radius 1 is 0.508 bits per heavy atom. The normalized spacial score (nSPS) is 13.3. The zero-order valence-electron chi connectivity index (χ0n) is 40.1. The van der Waals surface area contributed by atoms with Gasteiger partial charge in [-0.05, 0) is 51.4 Å². The zero-order valence-corrected chi connectivity index (χ0v) is 40.1. The summed E-state index contributed by atoms with van der Waals surface area (Å²) in [4.78, 5) is 37.2. The molecule has 0 heterocycles. The minimum absolute atomic E-state index is 0.182. The van der Waals surface area contributed by atoms with Crippen molar-refractivity contribution in [3.8, 4) is 0 Å². The van der Waals surface area contributed by atoms with E-state index in [1.54, 1.807) is 0 Å². The van der Waals surface area contributed by atoms with Gasteiger partial charge in [-0.1, -0.05) is 191 Å². The van der Waals surface area contributed by atoms with E-state index in [4.69, 9.17) is 18.9 Å². The second kappa shape index (κ2) is 43.9. The lowest BCUT2D eigenvalue weighted by Gasteiger charge is -2.25. The maximum Gasteiger partial charge on any atom is 0.361 e. The van der Waals surface area contributed by atoms with Gasteiger partial charge in [0.1, 0.15) is 13.2 Å². The molecule has 61 heavy (non-hydrogen) atoms. The van der Waals surface area contributed by atoms with Gasteiger partial charge < -0.3 is 28.5 Å². The second-order valence-electron chi connectivity index (χ2n) is 17.8. The van der Waals surface area contributed by atoms with Crippen LogP contribution >= 0.6 is 0 Å². The van der Waals surface area contributed by atoms with Crippen molar-refractivity contribution >= 4 is 17.9 Å². The fraction of sp³-hybridized carbons (Fsp3) is 0.788. The number of aliphatic carboxylic acids is 1. The first-order chi connectivity index (χ1) is 29.6. The molecule has 2 atom stereocenters. The number of carbonyl (C=O) groups excluding carboxylic acids is 2. The molecule has 0 fully saturated rings. The lowest BCUT2D eigenvalue weighted by atomic mass is 10.0. The topological polar surface area (TPSA) is 108 Å². The predicted molar refractivity (Wildman–Crippen MR) is 253 cm³/mol. The number of unbranched alkanes of at least 4 members (excludes halogenated alkanes) is 22. The van der Waals surface area contributed by atoms with Gasteiger partial charge in [-0.25, -0.2) is 4.79 Å². The van der Waals surface area contributed by atoms with Gasteiger partial charge in [0.2, 0.25) is 0 Å². The molecular formula is C52H94NO8+. The summed E-state index contributed by atoms with van der Waals surface area (Å²) in [6, 6.07) is 0. The highest BCUT2D eigenvalue weighted by Gasteiger charge is 2.25. The Bertz CT molecular complexity index is 1140. The molecule has 9 heteroatoms. The Kier molecular flexibility index (Phi) is 41.9. The third-order valence-electron chi connectivity index (χ3n) is 10.6. The quantitative estimate of drug-likeness (QED) is 0.0212. The van der Waals surface area contributed by atoms with Gasteiger partial charge in [0.25, 0.3) is 6.29 Å². The molecule has 0 saturated carbocycles. The van der Waals surface area contributed by atoms with Gasteiger partial charge >= 0.3 is 17.9 Å². The molecule has 0 radical (unpaired) electrons. The third kappa shape index (κ3) is 45.1. The van der Waals surface area contributed by atoms with Crippen LogP contribution in [0.4, 0.5) is 0 Å². The van der Waals surface area contributed by atoms with Crippen LogP contribution in [0.25, 0.3) is 0 Å². The van der Waals surface area contributed by atoms with E-state index in [2.05, 4.69) is 62.5 Å². The number of allylic oxidation sites excluding steroid dienone is 8. The fourth-order valence-corrected chi connectivity index (χ4v) is 6.77. The number of hydrogen-bond donors (Lipinski definition) is 1. The molecule has 1 N–H and O–H groups in total. The number of quaternary nitrogens is 1. The molecule has 0 bridgehead atoms. The molecule has 9 nitrogen and oxygen atoms in total. The molecule has 0 saturated heterocycles. The lowest BCUT2D eigenvalue weighted by molar-refractivity contribution is -0.870. The van der Waals surface area contributed by atoms with Crippen LogP contribution in [0.5, 0.6) is 0 Å². The summed E-state index contributed by atoms with van der Waals surface area (Å²) in [6.45, 7) is 4.74. The first-order valence-electron chi connectivity index (χ1n) is 24.8. The molecule has 354 valence electrons. The maximum absolute atomic E-state index is 12.8. The minimum Gasteiger partial charge on any atom is -0.477 e. The molecule has 0 rings (SSSR count).